The quantitative estimate of drug-likeness (QED) is 0.445. The Hall–Kier alpha value is -0.970. The summed E-state index contributed by atoms with van der Waals surface area (Å²) in [6.07, 6.45) is -4.64. The molecule has 0 heterocycles. The van der Waals surface area contributed by atoms with Crippen LogP contribution in [-0.2, 0) is 12.1 Å². The number of nitrogens with two attached hydrogens (primary N) is 1. The van der Waals surface area contributed by atoms with Gasteiger partial charge in [-0.2, -0.15) is 13.2 Å². The van der Waals surface area contributed by atoms with E-state index >= 15 is 0 Å². The van der Waals surface area contributed by atoms with Gasteiger partial charge in [0.2, 0.25) is 0 Å². The molecule has 0 fully saturated rings. The molecule has 0 unspecified atom stereocenters. The molecule has 78 valence electrons. The summed E-state index contributed by atoms with van der Waals surface area (Å²) in [5.41, 5.74) is 3.37. The minimum absolute atomic E-state index is 0.0443. The number of alkyl halides is 4. The van der Waals surface area contributed by atoms with Crippen molar-refractivity contribution in [3.05, 3.63) is 29.1 Å². The Balaban J connectivity index is 3.29. The zero-order valence-electron chi connectivity index (χ0n) is 6.83. The Bertz CT molecular complexity index is 348. The van der Waals surface area contributed by atoms with E-state index in [0.717, 1.165) is 6.07 Å². The predicted octanol–water partition coefficient (Wildman–Crippen LogP) is 3.17. The molecule has 0 aliphatic rings. The van der Waals surface area contributed by atoms with Gasteiger partial charge in [-0.3, -0.25) is 0 Å². The predicted molar refractivity (Wildman–Crippen MR) is 45.4 cm³/mol. The highest BCUT2D eigenvalue weighted by molar-refractivity contribution is 6.17. The van der Waals surface area contributed by atoms with Crippen molar-refractivity contribution in [1.29, 1.82) is 0 Å². The van der Waals surface area contributed by atoms with Crippen LogP contribution in [0.3, 0.4) is 0 Å². The molecule has 0 amide bonds. The molecule has 1 aromatic carbocycles. The van der Waals surface area contributed by atoms with Gasteiger partial charge in [-0.15, -0.1) is 11.6 Å². The highest BCUT2D eigenvalue weighted by atomic mass is 35.5. The minimum atomic E-state index is -4.64. The van der Waals surface area contributed by atoms with Crippen molar-refractivity contribution in [1.82, 2.24) is 0 Å². The molecule has 0 atom stereocenters. The van der Waals surface area contributed by atoms with Gasteiger partial charge in [0.25, 0.3) is 0 Å². The molecule has 2 N–H and O–H groups in total. The first-order chi connectivity index (χ1) is 6.36. The van der Waals surface area contributed by atoms with Gasteiger partial charge in [0.15, 0.2) is 0 Å². The molecular weight excluding hydrogens is 222 g/mol. The Labute approximate surface area is 82.5 Å². The van der Waals surface area contributed by atoms with E-state index in [-0.39, 0.29) is 11.4 Å². The molecule has 0 aromatic heterocycles. The first kappa shape index (κ1) is 11.1. The molecule has 14 heavy (non-hydrogen) atoms. The lowest BCUT2D eigenvalue weighted by atomic mass is 10.1. The number of halogens is 5. The lowest BCUT2D eigenvalue weighted by molar-refractivity contribution is -0.137. The summed E-state index contributed by atoms with van der Waals surface area (Å²) in [4.78, 5) is 0. The lowest BCUT2D eigenvalue weighted by Crippen LogP contribution is -2.10. The van der Waals surface area contributed by atoms with Crippen molar-refractivity contribution in [2.45, 2.75) is 12.1 Å². The van der Waals surface area contributed by atoms with Crippen molar-refractivity contribution in [3.8, 4) is 0 Å². The Morgan fingerprint density at radius 3 is 2.29 bits per heavy atom. The van der Waals surface area contributed by atoms with Gasteiger partial charge < -0.3 is 5.73 Å². The van der Waals surface area contributed by atoms with E-state index in [9.17, 15) is 17.6 Å². The van der Waals surface area contributed by atoms with Crippen LogP contribution in [0.1, 0.15) is 11.1 Å². The van der Waals surface area contributed by atoms with Crippen LogP contribution in [0.5, 0.6) is 0 Å². The average Bonchev–Trinajstić information content (AvgIpc) is 2.06. The van der Waals surface area contributed by atoms with E-state index in [1.807, 2.05) is 0 Å². The highest BCUT2D eigenvalue weighted by Crippen LogP contribution is 2.35. The molecule has 0 aliphatic heterocycles. The number of nitrogen functional groups attached to an aromatic ring is 1. The second-order valence-electron chi connectivity index (χ2n) is 2.66. The third kappa shape index (κ3) is 2.09. The second-order valence-corrected chi connectivity index (χ2v) is 2.93. The summed E-state index contributed by atoms with van der Waals surface area (Å²) >= 11 is 5.29. The zero-order valence-corrected chi connectivity index (χ0v) is 7.58. The average molecular weight is 228 g/mol. The fourth-order valence-corrected chi connectivity index (χ4v) is 1.19. The highest BCUT2D eigenvalue weighted by Gasteiger charge is 2.33. The van der Waals surface area contributed by atoms with Gasteiger partial charge in [-0.1, -0.05) is 0 Å². The Morgan fingerprint density at radius 1 is 1.29 bits per heavy atom. The van der Waals surface area contributed by atoms with Gasteiger partial charge in [0.1, 0.15) is 5.82 Å². The molecule has 1 rings (SSSR count). The van der Waals surface area contributed by atoms with E-state index in [0.29, 0.717) is 6.07 Å². The van der Waals surface area contributed by atoms with Crippen molar-refractivity contribution in [2.75, 3.05) is 5.73 Å². The summed E-state index contributed by atoms with van der Waals surface area (Å²) in [6, 6.07) is 1.25. The third-order valence-electron chi connectivity index (χ3n) is 1.67. The van der Waals surface area contributed by atoms with Crippen molar-refractivity contribution < 1.29 is 17.6 Å². The van der Waals surface area contributed by atoms with Gasteiger partial charge in [0, 0.05) is 11.3 Å². The molecule has 1 aromatic rings. The standard InChI is InChI=1S/C8H6ClF4N/c9-3-4-1-7(14)5(2-6(4)10)8(11,12)13/h1-2H,3,14H2. The van der Waals surface area contributed by atoms with Crippen LogP contribution < -0.4 is 5.73 Å². The van der Waals surface area contributed by atoms with Gasteiger partial charge in [-0.05, 0) is 12.1 Å². The summed E-state index contributed by atoms with van der Waals surface area (Å²) in [5, 5.41) is 0. The van der Waals surface area contributed by atoms with Gasteiger partial charge >= 0.3 is 6.18 Å². The maximum Gasteiger partial charge on any atom is 0.418 e. The van der Waals surface area contributed by atoms with Crippen LogP contribution in [0.25, 0.3) is 0 Å². The smallest absolute Gasteiger partial charge is 0.398 e. The molecule has 0 aliphatic carbocycles. The Kier molecular flexibility index (Phi) is 2.89. The first-order valence-electron chi connectivity index (χ1n) is 3.57. The monoisotopic (exact) mass is 227 g/mol. The number of anilines is 1. The van der Waals surface area contributed by atoms with Crippen molar-refractivity contribution in [3.63, 3.8) is 0 Å². The van der Waals surface area contributed by atoms with E-state index in [1.54, 1.807) is 0 Å². The minimum Gasteiger partial charge on any atom is -0.398 e. The van der Waals surface area contributed by atoms with Crippen LogP contribution >= 0.6 is 11.6 Å². The number of rotatable bonds is 1. The summed E-state index contributed by atoms with van der Waals surface area (Å²) < 4.78 is 49.5. The summed E-state index contributed by atoms with van der Waals surface area (Å²) in [6.45, 7) is 0. The van der Waals surface area contributed by atoms with Crippen LogP contribution in [0.4, 0.5) is 23.2 Å². The zero-order chi connectivity index (χ0) is 10.9. The maximum absolute atomic E-state index is 12.9. The number of hydrogen-bond donors (Lipinski definition) is 1. The maximum atomic E-state index is 12.9. The molecule has 0 radical (unpaired) electrons. The normalized spacial score (nSPS) is 11.8. The fourth-order valence-electron chi connectivity index (χ4n) is 0.985. The summed E-state index contributed by atoms with van der Waals surface area (Å²) in [7, 11) is 0. The molecule has 0 bridgehead atoms. The molecule has 1 nitrogen and oxygen atoms in total. The Morgan fingerprint density at radius 2 is 1.86 bits per heavy atom. The molecular formula is C8H6ClF4N. The summed E-state index contributed by atoms with van der Waals surface area (Å²) in [5.74, 6) is -1.21. The largest absolute Gasteiger partial charge is 0.418 e. The molecule has 0 saturated carbocycles. The SMILES string of the molecule is Nc1cc(CCl)c(F)cc1C(F)(F)F. The fraction of sp³-hybridized carbons (Fsp3) is 0.250. The van der Waals surface area contributed by atoms with E-state index in [2.05, 4.69) is 0 Å². The van der Waals surface area contributed by atoms with Crippen LogP contribution in [0, 0.1) is 5.82 Å². The van der Waals surface area contributed by atoms with E-state index in [4.69, 9.17) is 17.3 Å². The van der Waals surface area contributed by atoms with Crippen LogP contribution in [0.15, 0.2) is 12.1 Å². The molecule has 0 saturated heterocycles. The van der Waals surface area contributed by atoms with Crippen LogP contribution in [-0.4, -0.2) is 0 Å². The molecule has 6 heteroatoms. The van der Waals surface area contributed by atoms with E-state index in [1.165, 1.54) is 0 Å². The first-order valence-corrected chi connectivity index (χ1v) is 4.10. The third-order valence-corrected chi connectivity index (χ3v) is 1.96. The lowest BCUT2D eigenvalue weighted by Gasteiger charge is -2.11. The second kappa shape index (κ2) is 3.65. The van der Waals surface area contributed by atoms with Gasteiger partial charge in [0.05, 0.1) is 11.4 Å². The van der Waals surface area contributed by atoms with Crippen molar-refractivity contribution in [2.24, 2.45) is 0 Å². The topological polar surface area (TPSA) is 26.0 Å². The number of benzene rings is 1. The van der Waals surface area contributed by atoms with Gasteiger partial charge in [-0.25, -0.2) is 4.39 Å². The molecule has 0 spiro atoms. The van der Waals surface area contributed by atoms with Crippen molar-refractivity contribution >= 4 is 17.3 Å². The van der Waals surface area contributed by atoms with E-state index < -0.39 is 23.2 Å². The number of hydrogen-bond acceptors (Lipinski definition) is 1. The van der Waals surface area contributed by atoms with Crippen LogP contribution in [0.2, 0.25) is 0 Å².